The Bertz CT molecular complexity index is 2130. The summed E-state index contributed by atoms with van der Waals surface area (Å²) in [6.07, 6.45) is 1.58. The monoisotopic (exact) mass is 599 g/mol. The Balaban J connectivity index is 1.14. The number of carbonyl (C=O) groups is 2. The van der Waals surface area contributed by atoms with Gasteiger partial charge in [0.05, 0.1) is 0 Å². The SMILES string of the molecule is O=C1c2cccc3c(-c4ccc(-c5ccc(N(c6ccccc6)c6ccccc6)cc5)s4)ccc(c23)C(=O)N1c1ccccn1. The predicted octanol–water partition coefficient (Wildman–Crippen LogP) is 9.90. The molecule has 0 saturated heterocycles. The molecule has 0 saturated carbocycles. The Labute approximate surface area is 264 Å². The largest absolute Gasteiger partial charge is 0.311 e. The van der Waals surface area contributed by atoms with Crippen molar-refractivity contribution in [3.8, 4) is 20.9 Å². The van der Waals surface area contributed by atoms with Gasteiger partial charge in [0.1, 0.15) is 5.82 Å². The van der Waals surface area contributed by atoms with Crippen LogP contribution >= 0.6 is 11.3 Å². The standard InChI is InChI=1S/C39H25N3O2S/c43-38-32-15-9-14-31-30(21-22-33(37(31)32)39(44)42(38)36-16-7-8-25-40-36)35-24-23-34(45-35)26-17-19-29(20-18-26)41(27-10-3-1-4-11-27)28-12-5-2-6-13-28/h1-25H. The van der Waals surface area contributed by atoms with E-state index in [0.29, 0.717) is 22.3 Å². The van der Waals surface area contributed by atoms with Crippen LogP contribution in [-0.4, -0.2) is 16.8 Å². The molecule has 214 valence electrons. The third kappa shape index (κ3) is 4.60. The summed E-state index contributed by atoms with van der Waals surface area (Å²) < 4.78 is 0. The number of nitrogens with zero attached hydrogens (tertiary/aromatic N) is 3. The summed E-state index contributed by atoms with van der Waals surface area (Å²) in [6.45, 7) is 0. The Hall–Kier alpha value is -5.85. The van der Waals surface area contributed by atoms with Crippen LogP contribution in [0.15, 0.2) is 152 Å². The molecule has 0 unspecified atom stereocenters. The van der Waals surface area contributed by atoms with Crippen LogP contribution in [-0.2, 0) is 0 Å². The minimum Gasteiger partial charge on any atom is -0.311 e. The molecule has 1 aliphatic rings. The number of imide groups is 1. The number of amides is 2. The van der Waals surface area contributed by atoms with Gasteiger partial charge in [0, 0.05) is 49.5 Å². The van der Waals surface area contributed by atoms with Gasteiger partial charge in [-0.15, -0.1) is 11.3 Å². The van der Waals surface area contributed by atoms with Crippen molar-refractivity contribution in [2.75, 3.05) is 9.80 Å². The van der Waals surface area contributed by atoms with E-state index in [2.05, 4.69) is 94.8 Å². The van der Waals surface area contributed by atoms with Gasteiger partial charge in [0.25, 0.3) is 11.8 Å². The van der Waals surface area contributed by atoms with Crippen LogP contribution in [0, 0.1) is 0 Å². The fourth-order valence-corrected chi connectivity index (χ4v) is 7.07. The molecule has 45 heavy (non-hydrogen) atoms. The molecule has 0 N–H and O–H groups in total. The molecular weight excluding hydrogens is 575 g/mol. The van der Waals surface area contributed by atoms with Crippen molar-refractivity contribution in [2.24, 2.45) is 0 Å². The van der Waals surface area contributed by atoms with E-state index >= 15 is 0 Å². The molecule has 0 radical (unpaired) electrons. The van der Waals surface area contributed by atoms with Crippen molar-refractivity contribution in [3.63, 3.8) is 0 Å². The second-order valence-corrected chi connectivity index (χ2v) is 11.8. The molecule has 0 spiro atoms. The number of hydrogen-bond acceptors (Lipinski definition) is 5. The highest BCUT2D eigenvalue weighted by molar-refractivity contribution is 7.18. The van der Waals surface area contributed by atoms with Crippen LogP contribution in [0.25, 0.3) is 31.7 Å². The third-order valence-electron chi connectivity index (χ3n) is 8.10. The summed E-state index contributed by atoms with van der Waals surface area (Å²) in [5.41, 5.74) is 6.39. The second kappa shape index (κ2) is 11.0. The van der Waals surface area contributed by atoms with Gasteiger partial charge in [-0.3, -0.25) is 9.59 Å². The molecular formula is C39H25N3O2S. The average Bonchev–Trinajstić information content (AvgIpc) is 3.59. The smallest absolute Gasteiger partial charge is 0.267 e. The molecule has 5 nitrogen and oxygen atoms in total. The number of rotatable bonds is 6. The minimum absolute atomic E-state index is 0.323. The van der Waals surface area contributed by atoms with Gasteiger partial charge < -0.3 is 4.90 Å². The van der Waals surface area contributed by atoms with Crippen molar-refractivity contribution in [1.29, 1.82) is 0 Å². The fourth-order valence-electron chi connectivity index (χ4n) is 6.02. The molecule has 0 fully saturated rings. The maximum absolute atomic E-state index is 13.6. The minimum atomic E-state index is -0.360. The van der Waals surface area contributed by atoms with Crippen LogP contribution in [0.3, 0.4) is 0 Å². The Morgan fingerprint density at radius 3 is 1.78 bits per heavy atom. The van der Waals surface area contributed by atoms with E-state index in [4.69, 9.17) is 0 Å². The van der Waals surface area contributed by atoms with Crippen molar-refractivity contribution in [1.82, 2.24) is 4.98 Å². The molecule has 0 atom stereocenters. The molecule has 8 rings (SSSR count). The van der Waals surface area contributed by atoms with E-state index in [-0.39, 0.29) is 11.8 Å². The van der Waals surface area contributed by atoms with Crippen LogP contribution in [0.2, 0.25) is 0 Å². The number of hydrogen-bond donors (Lipinski definition) is 0. The first-order chi connectivity index (χ1) is 22.2. The Kier molecular flexibility index (Phi) is 6.55. The zero-order valence-electron chi connectivity index (χ0n) is 24.0. The molecule has 7 aromatic rings. The van der Waals surface area contributed by atoms with Crippen molar-refractivity contribution in [2.45, 2.75) is 0 Å². The van der Waals surface area contributed by atoms with Crippen LogP contribution in [0.4, 0.5) is 22.9 Å². The van der Waals surface area contributed by atoms with Gasteiger partial charge in [-0.25, -0.2) is 9.88 Å². The summed E-state index contributed by atoms with van der Waals surface area (Å²) in [7, 11) is 0. The summed E-state index contributed by atoms with van der Waals surface area (Å²) in [5.74, 6) is -0.397. The van der Waals surface area contributed by atoms with E-state index in [1.54, 1.807) is 41.8 Å². The van der Waals surface area contributed by atoms with E-state index in [1.165, 1.54) is 4.90 Å². The topological polar surface area (TPSA) is 53.5 Å². The number of benzene rings is 5. The summed E-state index contributed by atoms with van der Waals surface area (Å²) >= 11 is 1.69. The Morgan fingerprint density at radius 2 is 1.11 bits per heavy atom. The summed E-state index contributed by atoms with van der Waals surface area (Å²) in [4.78, 5) is 37.0. The highest BCUT2D eigenvalue weighted by Gasteiger charge is 2.35. The number of thiophene rings is 1. The van der Waals surface area contributed by atoms with Gasteiger partial charge in [0.15, 0.2) is 0 Å². The molecule has 5 aromatic carbocycles. The van der Waals surface area contributed by atoms with Crippen LogP contribution in [0.5, 0.6) is 0 Å². The quantitative estimate of drug-likeness (QED) is 0.179. The third-order valence-corrected chi connectivity index (χ3v) is 9.26. The molecule has 1 aliphatic heterocycles. The second-order valence-electron chi connectivity index (χ2n) is 10.7. The number of pyridine rings is 1. The van der Waals surface area contributed by atoms with Crippen LogP contribution in [0.1, 0.15) is 20.7 Å². The first-order valence-corrected chi connectivity index (χ1v) is 15.5. The van der Waals surface area contributed by atoms with Crippen molar-refractivity contribution in [3.05, 3.63) is 163 Å². The zero-order valence-corrected chi connectivity index (χ0v) is 24.8. The lowest BCUT2D eigenvalue weighted by molar-refractivity contribution is 0.0892. The van der Waals surface area contributed by atoms with Gasteiger partial charge in [-0.1, -0.05) is 72.8 Å². The zero-order chi connectivity index (χ0) is 30.3. The molecule has 0 bridgehead atoms. The molecule has 0 aliphatic carbocycles. The first kappa shape index (κ1) is 26.8. The Morgan fingerprint density at radius 1 is 0.511 bits per heavy atom. The van der Waals surface area contributed by atoms with Gasteiger partial charge >= 0.3 is 0 Å². The molecule has 2 amide bonds. The highest BCUT2D eigenvalue weighted by atomic mass is 32.1. The summed E-state index contributed by atoms with van der Waals surface area (Å²) in [5, 5.41) is 1.58. The maximum Gasteiger partial charge on any atom is 0.267 e. The van der Waals surface area contributed by atoms with E-state index in [0.717, 1.165) is 43.3 Å². The predicted molar refractivity (Wildman–Crippen MR) is 183 cm³/mol. The van der Waals surface area contributed by atoms with Gasteiger partial charge in [-0.2, -0.15) is 0 Å². The van der Waals surface area contributed by atoms with Crippen LogP contribution < -0.4 is 9.80 Å². The molecule has 2 aromatic heterocycles. The lowest BCUT2D eigenvalue weighted by Gasteiger charge is -2.26. The number of anilines is 4. The van der Waals surface area contributed by atoms with E-state index < -0.39 is 0 Å². The van der Waals surface area contributed by atoms with Crippen molar-refractivity contribution >= 4 is 56.8 Å². The normalized spacial score (nSPS) is 12.5. The lowest BCUT2D eigenvalue weighted by atomic mass is 9.91. The molecule has 6 heteroatoms. The fraction of sp³-hybridized carbons (Fsp3) is 0. The average molecular weight is 600 g/mol. The number of para-hydroxylation sites is 2. The molecule has 3 heterocycles. The van der Waals surface area contributed by atoms with Crippen molar-refractivity contribution < 1.29 is 9.59 Å². The maximum atomic E-state index is 13.6. The summed E-state index contributed by atoms with van der Waals surface area (Å²) in [6, 6.07) is 48.3. The van der Waals surface area contributed by atoms with E-state index in [1.807, 2.05) is 36.4 Å². The number of carbonyl (C=O) groups excluding carboxylic acids is 2. The first-order valence-electron chi connectivity index (χ1n) is 14.6. The van der Waals surface area contributed by atoms with Gasteiger partial charge in [0.2, 0.25) is 0 Å². The van der Waals surface area contributed by atoms with E-state index in [9.17, 15) is 9.59 Å². The highest BCUT2D eigenvalue weighted by Crippen LogP contribution is 2.42. The lowest BCUT2D eigenvalue weighted by Crippen LogP contribution is -2.40. The number of aromatic nitrogens is 1. The van der Waals surface area contributed by atoms with Gasteiger partial charge in [-0.05, 0) is 89.3 Å².